The lowest BCUT2D eigenvalue weighted by Gasteiger charge is -2.22. The van der Waals surface area contributed by atoms with E-state index in [1.165, 1.54) is 16.2 Å². The molecule has 0 aliphatic carbocycles. The number of phenolic OH excluding ortho intramolecular Hbond substituents is 1. The minimum atomic E-state index is -0.757. The van der Waals surface area contributed by atoms with Gasteiger partial charge >= 0.3 is 0 Å². The van der Waals surface area contributed by atoms with Crippen molar-refractivity contribution >= 4 is 43.6 Å². The number of thiazole rings is 1. The summed E-state index contributed by atoms with van der Waals surface area (Å²) in [6, 6.07) is 18.6. The molecule has 0 unspecified atom stereocenters. The summed E-state index contributed by atoms with van der Waals surface area (Å²) in [5.41, 5.74) is 2.84. The molecule has 1 atom stereocenters. The monoisotopic (exact) mass is 440 g/mol. The van der Waals surface area contributed by atoms with E-state index < -0.39 is 11.9 Å². The summed E-state index contributed by atoms with van der Waals surface area (Å²) in [6.45, 7) is 2.00. The number of aryl methyl sites for hydroxylation is 1. The molecule has 0 saturated carbocycles. The van der Waals surface area contributed by atoms with Crippen LogP contribution < -0.4 is 10.3 Å². The number of aromatic hydroxyl groups is 1. The van der Waals surface area contributed by atoms with E-state index in [2.05, 4.69) is 4.98 Å². The van der Waals surface area contributed by atoms with Crippen molar-refractivity contribution in [3.05, 3.63) is 99.4 Å². The maximum absolute atomic E-state index is 13.6. The van der Waals surface area contributed by atoms with Gasteiger partial charge in [-0.3, -0.25) is 14.5 Å². The van der Waals surface area contributed by atoms with Crippen molar-refractivity contribution in [2.45, 2.75) is 13.0 Å². The minimum Gasteiger partial charge on any atom is -0.508 e. The summed E-state index contributed by atoms with van der Waals surface area (Å²) in [5.74, 6) is -0.363. The molecule has 1 amide bonds. The van der Waals surface area contributed by atoms with Crippen LogP contribution in [-0.2, 0) is 0 Å². The predicted octanol–water partition coefficient (Wildman–Crippen LogP) is 5.17. The predicted molar refractivity (Wildman–Crippen MR) is 124 cm³/mol. The number of para-hydroxylation sites is 1. The molecule has 5 aromatic rings. The van der Waals surface area contributed by atoms with Crippen LogP contribution in [0.4, 0.5) is 5.13 Å². The van der Waals surface area contributed by atoms with Crippen LogP contribution in [0.5, 0.6) is 5.75 Å². The molecule has 1 N–H and O–H groups in total. The first-order valence-electron chi connectivity index (χ1n) is 10.1. The average molecular weight is 440 g/mol. The number of carbonyl (C=O) groups is 1. The molecule has 6 nitrogen and oxygen atoms in total. The number of hydrogen-bond acceptors (Lipinski definition) is 6. The molecule has 1 aliphatic rings. The molecule has 7 heteroatoms. The molecule has 0 radical (unpaired) electrons. The molecule has 0 fully saturated rings. The quantitative estimate of drug-likeness (QED) is 0.410. The van der Waals surface area contributed by atoms with Crippen molar-refractivity contribution in [1.82, 2.24) is 4.98 Å². The Morgan fingerprint density at radius 3 is 2.72 bits per heavy atom. The summed E-state index contributed by atoms with van der Waals surface area (Å²) < 4.78 is 6.89. The Morgan fingerprint density at radius 1 is 1.03 bits per heavy atom. The first-order valence-corrected chi connectivity index (χ1v) is 10.9. The third-order valence-corrected chi connectivity index (χ3v) is 6.72. The Balaban J connectivity index is 1.65. The minimum absolute atomic E-state index is 0.0116. The van der Waals surface area contributed by atoms with Gasteiger partial charge in [0.05, 0.1) is 27.2 Å². The number of carbonyl (C=O) groups excluding carboxylic acids is 1. The van der Waals surface area contributed by atoms with Gasteiger partial charge in [0.2, 0.25) is 5.76 Å². The number of nitrogens with zero attached hydrogens (tertiary/aromatic N) is 2. The number of rotatable bonds is 2. The SMILES string of the molecule is Cc1ccc2nc(N3C(=O)c4oc5ccccc5c(=O)c4[C@@H]3c3cccc(O)c3)sc2c1. The number of anilines is 1. The molecule has 156 valence electrons. The number of aromatic nitrogens is 1. The van der Waals surface area contributed by atoms with E-state index in [0.29, 0.717) is 21.7 Å². The molecule has 2 aromatic heterocycles. The molecule has 1 aliphatic heterocycles. The van der Waals surface area contributed by atoms with Crippen LogP contribution in [0.2, 0.25) is 0 Å². The summed E-state index contributed by atoms with van der Waals surface area (Å²) in [6.07, 6.45) is 0. The van der Waals surface area contributed by atoms with Gasteiger partial charge in [0.15, 0.2) is 10.6 Å². The van der Waals surface area contributed by atoms with Crippen LogP contribution in [-0.4, -0.2) is 16.0 Å². The summed E-state index contributed by atoms with van der Waals surface area (Å²) in [5, 5.41) is 11.0. The fraction of sp³-hybridized carbons (Fsp3) is 0.0800. The van der Waals surface area contributed by atoms with Crippen LogP contribution in [0.1, 0.15) is 33.3 Å². The second-order valence-corrected chi connectivity index (χ2v) is 8.82. The van der Waals surface area contributed by atoms with E-state index in [9.17, 15) is 14.7 Å². The first-order chi connectivity index (χ1) is 15.5. The van der Waals surface area contributed by atoms with Crippen molar-refractivity contribution in [1.29, 1.82) is 0 Å². The van der Waals surface area contributed by atoms with E-state index in [-0.39, 0.29) is 22.5 Å². The van der Waals surface area contributed by atoms with Crippen molar-refractivity contribution in [2.24, 2.45) is 0 Å². The molecular formula is C25H16N2O4S. The number of fused-ring (bicyclic) bond motifs is 3. The Kier molecular flexibility index (Phi) is 3.97. The second kappa shape index (κ2) is 6.77. The Hall–Kier alpha value is -3.97. The van der Waals surface area contributed by atoms with Gasteiger partial charge in [0, 0.05) is 0 Å². The standard InChI is InChI=1S/C25H16N2O4S/c1-13-9-10-17-19(11-13)32-25(26-17)27-21(14-5-4-6-15(28)12-14)20-22(29)16-7-2-3-8-18(16)31-23(20)24(27)30/h2-12,21,28H,1H3/t21-/m0/s1. The van der Waals surface area contributed by atoms with E-state index >= 15 is 0 Å². The van der Waals surface area contributed by atoms with E-state index in [1.807, 2.05) is 25.1 Å². The lowest BCUT2D eigenvalue weighted by molar-refractivity contribution is 0.0971. The fourth-order valence-corrected chi connectivity index (χ4v) is 5.34. The van der Waals surface area contributed by atoms with Gasteiger partial charge in [-0.1, -0.05) is 41.7 Å². The number of amides is 1. The Morgan fingerprint density at radius 2 is 1.88 bits per heavy atom. The molecule has 3 heterocycles. The lowest BCUT2D eigenvalue weighted by Crippen LogP contribution is -2.29. The maximum atomic E-state index is 13.6. The maximum Gasteiger partial charge on any atom is 0.297 e. The van der Waals surface area contributed by atoms with E-state index in [1.54, 1.807) is 48.5 Å². The molecule has 0 bridgehead atoms. The van der Waals surface area contributed by atoms with Gasteiger partial charge in [0.25, 0.3) is 5.91 Å². The van der Waals surface area contributed by atoms with Gasteiger partial charge in [-0.2, -0.15) is 0 Å². The van der Waals surface area contributed by atoms with E-state index in [4.69, 9.17) is 4.42 Å². The number of hydrogen-bond donors (Lipinski definition) is 1. The van der Waals surface area contributed by atoms with Crippen LogP contribution in [0.3, 0.4) is 0 Å². The molecule has 3 aromatic carbocycles. The largest absolute Gasteiger partial charge is 0.508 e. The molecule has 0 spiro atoms. The zero-order chi connectivity index (χ0) is 22.0. The van der Waals surface area contributed by atoms with Crippen LogP contribution in [0.15, 0.2) is 75.9 Å². The van der Waals surface area contributed by atoms with Gasteiger partial charge in [-0.15, -0.1) is 0 Å². The third kappa shape index (κ3) is 2.68. The van der Waals surface area contributed by atoms with E-state index in [0.717, 1.165) is 15.8 Å². The second-order valence-electron chi connectivity index (χ2n) is 7.81. The highest BCUT2D eigenvalue weighted by Gasteiger charge is 2.45. The highest BCUT2D eigenvalue weighted by Crippen LogP contribution is 2.44. The van der Waals surface area contributed by atoms with Crippen LogP contribution in [0, 0.1) is 6.92 Å². The summed E-state index contributed by atoms with van der Waals surface area (Å²) in [4.78, 5) is 33.3. The highest BCUT2D eigenvalue weighted by atomic mass is 32.1. The van der Waals surface area contributed by atoms with Crippen molar-refractivity contribution in [3.63, 3.8) is 0 Å². The molecule has 6 rings (SSSR count). The molecule has 32 heavy (non-hydrogen) atoms. The number of phenols is 1. The van der Waals surface area contributed by atoms with Crippen molar-refractivity contribution < 1.29 is 14.3 Å². The number of benzene rings is 3. The summed E-state index contributed by atoms with van der Waals surface area (Å²) in [7, 11) is 0. The Bertz CT molecular complexity index is 1620. The van der Waals surface area contributed by atoms with Gasteiger partial charge in [-0.05, 0) is 54.4 Å². The fourth-order valence-electron chi connectivity index (χ4n) is 4.25. The van der Waals surface area contributed by atoms with Gasteiger partial charge in [0.1, 0.15) is 11.3 Å². The zero-order valence-electron chi connectivity index (χ0n) is 16.9. The molecule has 0 saturated heterocycles. The van der Waals surface area contributed by atoms with Gasteiger partial charge in [-0.25, -0.2) is 4.98 Å². The summed E-state index contributed by atoms with van der Waals surface area (Å²) >= 11 is 1.38. The normalized spacial score (nSPS) is 15.6. The topological polar surface area (TPSA) is 83.6 Å². The molecular weight excluding hydrogens is 424 g/mol. The lowest BCUT2D eigenvalue weighted by atomic mass is 9.98. The average Bonchev–Trinajstić information content (AvgIpc) is 3.32. The van der Waals surface area contributed by atoms with Crippen molar-refractivity contribution in [3.8, 4) is 5.75 Å². The first kappa shape index (κ1) is 18.8. The Labute approximate surface area is 186 Å². The van der Waals surface area contributed by atoms with Gasteiger partial charge < -0.3 is 9.52 Å². The zero-order valence-corrected chi connectivity index (χ0v) is 17.7. The van der Waals surface area contributed by atoms with Crippen LogP contribution in [0.25, 0.3) is 21.2 Å². The van der Waals surface area contributed by atoms with Crippen LogP contribution >= 0.6 is 11.3 Å². The van der Waals surface area contributed by atoms with Crippen molar-refractivity contribution in [2.75, 3.05) is 4.90 Å². The smallest absolute Gasteiger partial charge is 0.297 e. The highest BCUT2D eigenvalue weighted by molar-refractivity contribution is 7.22. The third-order valence-electron chi connectivity index (χ3n) is 5.70.